The van der Waals surface area contributed by atoms with Crippen LogP contribution in [-0.4, -0.2) is 6.54 Å². The summed E-state index contributed by atoms with van der Waals surface area (Å²) in [6, 6.07) is 0. The first-order chi connectivity index (χ1) is 24.3. The Morgan fingerprint density at radius 1 is 0.286 bits per heavy atom. The predicted octanol–water partition coefficient (Wildman–Crippen LogP) is 12.7. The van der Waals surface area contributed by atoms with E-state index in [-0.39, 0.29) is 0 Å². The van der Waals surface area contributed by atoms with Crippen LogP contribution in [0.25, 0.3) is 0 Å². The third-order valence-corrected chi connectivity index (χ3v) is 20.5. The topological polar surface area (TPSA) is 26.0 Å². The van der Waals surface area contributed by atoms with Crippen LogP contribution in [0.5, 0.6) is 0 Å². The first-order valence-corrected chi connectivity index (χ1v) is 24.0. The molecule has 10 saturated carbocycles. The van der Waals surface area contributed by atoms with Gasteiger partial charge in [-0.1, -0.05) is 64.2 Å². The minimum atomic E-state index is 0.936. The van der Waals surface area contributed by atoms with Crippen molar-refractivity contribution in [3.8, 4) is 0 Å². The van der Waals surface area contributed by atoms with Crippen molar-refractivity contribution in [3.63, 3.8) is 0 Å². The minimum absolute atomic E-state index is 0.936. The molecule has 17 atom stereocenters. The van der Waals surface area contributed by atoms with Gasteiger partial charge in [0.25, 0.3) is 0 Å². The molecule has 0 aromatic carbocycles. The summed E-state index contributed by atoms with van der Waals surface area (Å²) in [5.41, 5.74) is 6.29. The largest absolute Gasteiger partial charge is 0.330 e. The highest BCUT2D eigenvalue weighted by Gasteiger charge is 2.59. The fourth-order valence-corrected chi connectivity index (χ4v) is 19.2. The summed E-state index contributed by atoms with van der Waals surface area (Å²) in [5.74, 6) is 21.0. The van der Waals surface area contributed by atoms with E-state index in [1.807, 2.05) is 0 Å². The van der Waals surface area contributed by atoms with Gasteiger partial charge in [-0.15, -0.1) is 0 Å². The molecule has 10 aliphatic carbocycles. The summed E-state index contributed by atoms with van der Waals surface area (Å²) in [6.07, 6.45) is 44.6. The van der Waals surface area contributed by atoms with Gasteiger partial charge in [0.15, 0.2) is 0 Å². The van der Waals surface area contributed by atoms with Crippen molar-refractivity contribution in [2.24, 2.45) is 118 Å². The molecule has 2 N–H and O–H groups in total. The summed E-state index contributed by atoms with van der Waals surface area (Å²) < 4.78 is 0. The van der Waals surface area contributed by atoms with Gasteiger partial charge in [-0.3, -0.25) is 0 Å². The van der Waals surface area contributed by atoms with Gasteiger partial charge in [-0.25, -0.2) is 0 Å². The van der Waals surface area contributed by atoms with Crippen molar-refractivity contribution < 1.29 is 0 Å². The number of nitrogens with two attached hydrogens (primary N) is 1. The monoisotopic (exact) mass is 670 g/mol. The third-order valence-electron chi connectivity index (χ3n) is 20.5. The van der Waals surface area contributed by atoms with Crippen LogP contribution in [0.2, 0.25) is 0 Å². The molecular weight excluding hydrogens is 591 g/mol. The van der Waals surface area contributed by atoms with Crippen LogP contribution >= 0.6 is 0 Å². The van der Waals surface area contributed by atoms with Gasteiger partial charge in [-0.05, 0) is 235 Å². The molecular formula is C48H79N. The molecule has 0 saturated heterocycles. The van der Waals surface area contributed by atoms with E-state index < -0.39 is 0 Å². The van der Waals surface area contributed by atoms with Crippen molar-refractivity contribution in [2.75, 3.05) is 6.54 Å². The van der Waals surface area contributed by atoms with E-state index in [4.69, 9.17) is 5.73 Å². The maximum atomic E-state index is 6.29. The Morgan fingerprint density at radius 3 is 1.49 bits per heavy atom. The molecule has 0 spiro atoms. The summed E-state index contributed by atoms with van der Waals surface area (Å²) >= 11 is 0. The van der Waals surface area contributed by atoms with E-state index in [1.54, 1.807) is 167 Å². The molecule has 49 heavy (non-hydrogen) atoms. The van der Waals surface area contributed by atoms with Crippen LogP contribution in [0.15, 0.2) is 0 Å². The Bertz CT molecular complexity index is 1090. The van der Waals surface area contributed by atoms with E-state index in [0.29, 0.717) is 0 Å². The van der Waals surface area contributed by atoms with Gasteiger partial charge in [0.1, 0.15) is 0 Å². The van der Waals surface area contributed by atoms with Gasteiger partial charge in [0, 0.05) is 0 Å². The average molecular weight is 670 g/mol. The number of hydrogen-bond donors (Lipinski definition) is 1. The highest BCUT2D eigenvalue weighted by Crippen LogP contribution is 2.67. The predicted molar refractivity (Wildman–Crippen MR) is 205 cm³/mol. The fraction of sp³-hybridized carbons (Fsp3) is 1.00. The van der Waals surface area contributed by atoms with E-state index in [1.165, 1.54) is 18.8 Å². The lowest BCUT2D eigenvalue weighted by Gasteiger charge is -2.61. The van der Waals surface area contributed by atoms with Gasteiger partial charge in [0.05, 0.1) is 0 Å². The van der Waals surface area contributed by atoms with Crippen LogP contribution in [-0.2, 0) is 0 Å². The van der Waals surface area contributed by atoms with Crippen LogP contribution in [0, 0.1) is 112 Å². The zero-order valence-corrected chi connectivity index (χ0v) is 32.1. The van der Waals surface area contributed by atoms with Crippen molar-refractivity contribution in [3.05, 3.63) is 0 Å². The lowest BCUT2D eigenvalue weighted by molar-refractivity contribution is -0.127. The number of rotatable bonds is 5. The van der Waals surface area contributed by atoms with Gasteiger partial charge in [-0.2, -0.15) is 0 Å². The molecule has 10 fully saturated rings. The Balaban J connectivity index is 0.868. The Kier molecular flexibility index (Phi) is 9.79. The second-order valence-corrected chi connectivity index (χ2v) is 21.8. The maximum Gasteiger partial charge on any atom is -0.00746 e. The van der Waals surface area contributed by atoms with Crippen LogP contribution in [0.3, 0.4) is 0 Å². The Labute approximate surface area is 303 Å². The lowest BCUT2D eigenvalue weighted by Crippen LogP contribution is -2.55. The van der Waals surface area contributed by atoms with Crippen LogP contribution in [0.1, 0.15) is 180 Å². The van der Waals surface area contributed by atoms with E-state index >= 15 is 0 Å². The molecule has 0 aromatic rings. The number of hydrogen-bond acceptors (Lipinski definition) is 1. The van der Waals surface area contributed by atoms with Crippen LogP contribution < -0.4 is 5.73 Å². The summed E-state index contributed by atoms with van der Waals surface area (Å²) in [6.45, 7) is 0.936. The van der Waals surface area contributed by atoms with E-state index in [2.05, 4.69) is 0 Å². The number of fused-ring (bicyclic) bond motifs is 6. The highest BCUT2D eigenvalue weighted by atomic mass is 14.6. The molecule has 0 aromatic heterocycles. The standard InChI is InChI=1S/C48H79N/c49-27-26-30-16-23-44-45(28-30)47(35-22-17-31-8-1-2-9-34(31)29-35)42-13-6-5-12-41(42)46(44)33-20-18-32(19-21-33)36-24-25-43-38-11-4-3-10-37(38)40-15-7-14-39(36)48(40)43/h30-48H,1-29,49H2. The maximum absolute atomic E-state index is 6.29. The van der Waals surface area contributed by atoms with Crippen molar-refractivity contribution in [1.82, 2.24) is 0 Å². The molecule has 0 radical (unpaired) electrons. The SMILES string of the molecule is NCCC1CCC2C(C1)C(C1CCC3CCCCC3C1)C1CCCCC1C2C1CCC(C2CCC3C4CCCCC4C4CCCC2C43)CC1. The zero-order chi connectivity index (χ0) is 32.5. The molecule has 1 heteroatoms. The second-order valence-electron chi connectivity index (χ2n) is 21.8. The molecule has 0 amide bonds. The van der Waals surface area contributed by atoms with Gasteiger partial charge in [0.2, 0.25) is 0 Å². The summed E-state index contributed by atoms with van der Waals surface area (Å²) in [7, 11) is 0. The van der Waals surface area contributed by atoms with Crippen LogP contribution in [0.4, 0.5) is 0 Å². The highest BCUT2D eigenvalue weighted by molar-refractivity contribution is 5.08. The summed E-state index contributed by atoms with van der Waals surface area (Å²) in [4.78, 5) is 0. The minimum Gasteiger partial charge on any atom is -0.330 e. The van der Waals surface area contributed by atoms with E-state index in [9.17, 15) is 0 Å². The summed E-state index contributed by atoms with van der Waals surface area (Å²) in [5, 5.41) is 0. The normalized spacial score (nSPS) is 55.7. The average Bonchev–Trinajstić information content (AvgIpc) is 3.49. The first kappa shape index (κ1) is 33.5. The molecule has 276 valence electrons. The third kappa shape index (κ3) is 5.91. The Morgan fingerprint density at radius 2 is 0.755 bits per heavy atom. The molecule has 10 aliphatic rings. The molecule has 0 heterocycles. The van der Waals surface area contributed by atoms with Crippen molar-refractivity contribution in [2.45, 2.75) is 180 Å². The molecule has 1 nitrogen and oxygen atoms in total. The van der Waals surface area contributed by atoms with Gasteiger partial charge < -0.3 is 5.73 Å². The Hall–Kier alpha value is -0.0400. The fourth-order valence-electron chi connectivity index (χ4n) is 19.2. The molecule has 0 aliphatic heterocycles. The molecule has 17 unspecified atom stereocenters. The first-order valence-electron chi connectivity index (χ1n) is 24.0. The smallest absolute Gasteiger partial charge is 0.00746 e. The zero-order valence-electron chi connectivity index (χ0n) is 32.1. The molecule has 10 rings (SSSR count). The lowest BCUT2D eigenvalue weighted by atomic mass is 9.43. The quantitative estimate of drug-likeness (QED) is 0.310. The van der Waals surface area contributed by atoms with E-state index in [0.717, 1.165) is 113 Å². The van der Waals surface area contributed by atoms with Crippen molar-refractivity contribution >= 4 is 0 Å². The molecule has 0 bridgehead atoms. The van der Waals surface area contributed by atoms with Crippen molar-refractivity contribution in [1.29, 1.82) is 0 Å². The second kappa shape index (κ2) is 14.3. The van der Waals surface area contributed by atoms with Gasteiger partial charge >= 0.3 is 0 Å².